The highest BCUT2D eigenvalue weighted by molar-refractivity contribution is 5.92. The Morgan fingerprint density at radius 1 is 1.53 bits per heavy atom. The summed E-state index contributed by atoms with van der Waals surface area (Å²) in [5.74, 6) is 0.216. The molecule has 6 heteroatoms. The molecular formula is C13H19N3O3. The zero-order valence-electron chi connectivity index (χ0n) is 11.1. The number of aliphatic hydroxyl groups is 1. The molecule has 0 aliphatic carbocycles. The molecule has 1 aromatic rings. The predicted octanol–water partition coefficient (Wildman–Crippen LogP) is 0.0149. The third kappa shape index (κ3) is 3.20. The molecule has 1 atom stereocenters. The van der Waals surface area contributed by atoms with Gasteiger partial charge in [0.15, 0.2) is 0 Å². The van der Waals surface area contributed by atoms with E-state index in [4.69, 9.17) is 5.11 Å². The normalized spacial score (nSPS) is 19.5. The number of nitrogens with zero attached hydrogens (tertiary/aromatic N) is 3. The van der Waals surface area contributed by atoms with Gasteiger partial charge in [-0.25, -0.2) is 4.68 Å². The maximum absolute atomic E-state index is 12.3. The third-order valence-corrected chi connectivity index (χ3v) is 3.52. The molecule has 0 saturated carbocycles. The predicted molar refractivity (Wildman–Crippen MR) is 69.8 cm³/mol. The highest BCUT2D eigenvalue weighted by Crippen LogP contribution is 2.20. The van der Waals surface area contributed by atoms with Crippen molar-refractivity contribution in [3.8, 4) is 0 Å². The van der Waals surface area contributed by atoms with E-state index in [9.17, 15) is 9.59 Å². The molecule has 1 amide bonds. The third-order valence-electron chi connectivity index (χ3n) is 3.52. The lowest BCUT2D eigenvalue weighted by molar-refractivity contribution is 0.0645. The van der Waals surface area contributed by atoms with Gasteiger partial charge in [-0.1, -0.05) is 0 Å². The van der Waals surface area contributed by atoms with Gasteiger partial charge in [0, 0.05) is 32.8 Å². The summed E-state index contributed by atoms with van der Waals surface area (Å²) in [7, 11) is 1.53. The van der Waals surface area contributed by atoms with Crippen LogP contribution in [-0.4, -0.2) is 45.4 Å². The minimum Gasteiger partial charge on any atom is -0.396 e. The molecule has 6 nitrogen and oxygen atoms in total. The Labute approximate surface area is 111 Å². The van der Waals surface area contributed by atoms with Gasteiger partial charge in [-0.15, -0.1) is 0 Å². The summed E-state index contributed by atoms with van der Waals surface area (Å²) in [6.07, 6.45) is 2.72. The van der Waals surface area contributed by atoms with Crippen LogP contribution in [0.3, 0.4) is 0 Å². The van der Waals surface area contributed by atoms with Crippen molar-refractivity contribution < 1.29 is 9.90 Å². The number of aryl methyl sites for hydroxylation is 1. The van der Waals surface area contributed by atoms with Gasteiger partial charge in [0.05, 0.1) is 0 Å². The van der Waals surface area contributed by atoms with E-state index in [0.717, 1.165) is 19.3 Å². The minimum atomic E-state index is -0.228. The number of amides is 1. The van der Waals surface area contributed by atoms with Crippen LogP contribution in [0, 0.1) is 5.92 Å². The first kappa shape index (κ1) is 13.7. The number of rotatable bonds is 3. The second kappa shape index (κ2) is 5.97. The van der Waals surface area contributed by atoms with Crippen molar-refractivity contribution in [3.05, 3.63) is 28.2 Å². The maximum Gasteiger partial charge on any atom is 0.274 e. The molecule has 1 aromatic heterocycles. The molecule has 1 aliphatic rings. The van der Waals surface area contributed by atoms with Crippen LogP contribution in [0.1, 0.15) is 29.8 Å². The first-order valence-corrected chi connectivity index (χ1v) is 6.56. The second-order valence-electron chi connectivity index (χ2n) is 4.95. The lowest BCUT2D eigenvalue weighted by Gasteiger charge is -2.32. The summed E-state index contributed by atoms with van der Waals surface area (Å²) >= 11 is 0. The molecular weight excluding hydrogens is 246 g/mol. The van der Waals surface area contributed by atoms with Crippen LogP contribution in [0.4, 0.5) is 0 Å². The van der Waals surface area contributed by atoms with Crippen LogP contribution in [0.25, 0.3) is 0 Å². The Hall–Kier alpha value is -1.69. The van der Waals surface area contributed by atoms with E-state index in [-0.39, 0.29) is 18.1 Å². The van der Waals surface area contributed by atoms with E-state index >= 15 is 0 Å². The van der Waals surface area contributed by atoms with E-state index < -0.39 is 0 Å². The molecule has 104 valence electrons. The van der Waals surface area contributed by atoms with E-state index in [1.807, 2.05) is 0 Å². The first-order valence-electron chi connectivity index (χ1n) is 6.56. The van der Waals surface area contributed by atoms with Crippen molar-refractivity contribution in [2.75, 3.05) is 19.7 Å². The van der Waals surface area contributed by atoms with Gasteiger partial charge in [-0.3, -0.25) is 9.59 Å². The lowest BCUT2D eigenvalue weighted by Crippen LogP contribution is -2.41. The van der Waals surface area contributed by atoms with Gasteiger partial charge in [0.2, 0.25) is 0 Å². The van der Waals surface area contributed by atoms with E-state index in [1.54, 1.807) is 4.90 Å². The SMILES string of the molecule is Cn1nc(C(=O)N2CCCC(CCO)C2)ccc1=O. The Morgan fingerprint density at radius 2 is 2.32 bits per heavy atom. The summed E-state index contributed by atoms with van der Waals surface area (Å²) in [5, 5.41) is 13.0. The summed E-state index contributed by atoms with van der Waals surface area (Å²) < 4.78 is 1.17. The molecule has 2 rings (SSSR count). The Balaban J connectivity index is 2.10. The standard InChI is InChI=1S/C13H19N3O3/c1-15-12(18)5-4-11(14-15)13(19)16-7-2-3-10(9-16)6-8-17/h4-5,10,17H,2-3,6-9H2,1H3. The fraction of sp³-hybridized carbons (Fsp3) is 0.615. The Morgan fingerprint density at radius 3 is 3.00 bits per heavy atom. The van der Waals surface area contributed by atoms with Crippen molar-refractivity contribution >= 4 is 5.91 Å². The van der Waals surface area contributed by atoms with Crippen LogP contribution in [0.15, 0.2) is 16.9 Å². The van der Waals surface area contributed by atoms with Crippen LogP contribution in [0.5, 0.6) is 0 Å². The fourth-order valence-electron chi connectivity index (χ4n) is 2.45. The van der Waals surface area contributed by atoms with Crippen LogP contribution >= 0.6 is 0 Å². The topological polar surface area (TPSA) is 75.4 Å². The quantitative estimate of drug-likeness (QED) is 0.835. The number of aromatic nitrogens is 2. The highest BCUT2D eigenvalue weighted by atomic mass is 16.3. The second-order valence-corrected chi connectivity index (χ2v) is 4.95. The summed E-state index contributed by atoms with van der Waals surface area (Å²) in [4.78, 5) is 25.3. The fourth-order valence-corrected chi connectivity index (χ4v) is 2.45. The molecule has 1 aliphatic heterocycles. The minimum absolute atomic E-state index is 0.141. The van der Waals surface area contributed by atoms with Crippen LogP contribution in [-0.2, 0) is 7.05 Å². The van der Waals surface area contributed by atoms with Gasteiger partial charge < -0.3 is 10.0 Å². The van der Waals surface area contributed by atoms with Crippen LogP contribution in [0.2, 0.25) is 0 Å². The van der Waals surface area contributed by atoms with Crippen molar-refractivity contribution in [2.24, 2.45) is 13.0 Å². The zero-order valence-corrected chi connectivity index (χ0v) is 11.1. The number of aliphatic hydroxyl groups excluding tert-OH is 1. The number of carbonyl (C=O) groups is 1. The molecule has 1 N–H and O–H groups in total. The molecule has 1 saturated heterocycles. The zero-order chi connectivity index (χ0) is 13.8. The maximum atomic E-state index is 12.3. The van der Waals surface area contributed by atoms with Crippen molar-refractivity contribution in [1.82, 2.24) is 14.7 Å². The summed E-state index contributed by atoms with van der Waals surface area (Å²) in [6, 6.07) is 2.83. The van der Waals surface area contributed by atoms with Crippen molar-refractivity contribution in [3.63, 3.8) is 0 Å². The van der Waals surface area contributed by atoms with Gasteiger partial charge in [-0.05, 0) is 31.2 Å². The largest absolute Gasteiger partial charge is 0.396 e. The number of hydrogen-bond acceptors (Lipinski definition) is 4. The lowest BCUT2D eigenvalue weighted by atomic mass is 9.95. The molecule has 0 bridgehead atoms. The van der Waals surface area contributed by atoms with Gasteiger partial charge in [0.25, 0.3) is 11.5 Å². The average Bonchev–Trinajstić information content (AvgIpc) is 2.42. The monoisotopic (exact) mass is 265 g/mol. The number of likely N-dealkylation sites (tertiary alicyclic amines) is 1. The molecule has 2 heterocycles. The average molecular weight is 265 g/mol. The molecule has 0 aromatic carbocycles. The molecule has 0 spiro atoms. The van der Waals surface area contributed by atoms with E-state index in [2.05, 4.69) is 5.10 Å². The summed E-state index contributed by atoms with van der Waals surface area (Å²) in [5.41, 5.74) is 0.0695. The van der Waals surface area contributed by atoms with Gasteiger partial charge in [-0.2, -0.15) is 5.10 Å². The molecule has 1 unspecified atom stereocenters. The van der Waals surface area contributed by atoms with E-state index in [0.29, 0.717) is 24.7 Å². The van der Waals surface area contributed by atoms with Crippen molar-refractivity contribution in [2.45, 2.75) is 19.3 Å². The van der Waals surface area contributed by atoms with Gasteiger partial charge >= 0.3 is 0 Å². The smallest absolute Gasteiger partial charge is 0.274 e. The number of piperidine rings is 1. The Bertz CT molecular complexity index is 510. The molecule has 0 radical (unpaired) electrons. The first-order chi connectivity index (χ1) is 9.11. The summed E-state index contributed by atoms with van der Waals surface area (Å²) in [6.45, 7) is 1.53. The van der Waals surface area contributed by atoms with E-state index in [1.165, 1.54) is 23.9 Å². The van der Waals surface area contributed by atoms with Gasteiger partial charge in [0.1, 0.15) is 5.69 Å². The Kier molecular flexibility index (Phi) is 4.31. The van der Waals surface area contributed by atoms with Crippen molar-refractivity contribution in [1.29, 1.82) is 0 Å². The highest BCUT2D eigenvalue weighted by Gasteiger charge is 2.25. The molecule has 19 heavy (non-hydrogen) atoms. The molecule has 1 fully saturated rings. The number of carbonyl (C=O) groups excluding carboxylic acids is 1. The van der Waals surface area contributed by atoms with Crippen LogP contribution < -0.4 is 5.56 Å². The number of hydrogen-bond donors (Lipinski definition) is 1.